The summed E-state index contributed by atoms with van der Waals surface area (Å²) < 4.78 is 0. The van der Waals surface area contributed by atoms with Gasteiger partial charge in [-0.15, -0.1) is 22.7 Å². The Hall–Kier alpha value is -1.27. The van der Waals surface area contributed by atoms with Crippen molar-refractivity contribution in [3.8, 4) is 0 Å². The third-order valence-corrected chi connectivity index (χ3v) is 4.16. The molecule has 0 aliphatic carbocycles. The van der Waals surface area contributed by atoms with Crippen LogP contribution in [0, 0.1) is 13.8 Å². The van der Waals surface area contributed by atoms with E-state index < -0.39 is 0 Å². The zero-order valence-electron chi connectivity index (χ0n) is 9.69. The average molecular weight is 267 g/mol. The normalized spacial score (nSPS) is 10.7. The minimum atomic E-state index is 0.129. The van der Waals surface area contributed by atoms with E-state index >= 15 is 0 Å². The van der Waals surface area contributed by atoms with Crippen LogP contribution in [0.4, 0.5) is 5.13 Å². The van der Waals surface area contributed by atoms with Gasteiger partial charge in [-0.3, -0.25) is 4.79 Å². The molecule has 2 aromatic rings. The molecule has 0 amide bonds. The summed E-state index contributed by atoms with van der Waals surface area (Å²) in [5.41, 5.74) is 7.28. The second-order valence-electron chi connectivity index (χ2n) is 3.82. The number of nitrogens with zero attached hydrogens (tertiary/aromatic N) is 2. The largest absolute Gasteiger partial charge is 0.375 e. The van der Waals surface area contributed by atoms with Crippen LogP contribution in [0.2, 0.25) is 0 Å². The fraction of sp³-hybridized carbons (Fsp3) is 0.364. The molecule has 0 spiro atoms. The number of hydrogen-bond acceptors (Lipinski definition) is 6. The van der Waals surface area contributed by atoms with E-state index in [-0.39, 0.29) is 5.78 Å². The number of hydrogen-bond donors (Lipinski definition) is 1. The first-order valence-electron chi connectivity index (χ1n) is 5.19. The van der Waals surface area contributed by atoms with E-state index in [0.717, 1.165) is 16.4 Å². The molecule has 90 valence electrons. The number of carbonyl (C=O) groups is 1. The number of anilines is 1. The van der Waals surface area contributed by atoms with Crippen molar-refractivity contribution in [3.05, 3.63) is 26.7 Å². The van der Waals surface area contributed by atoms with Crippen LogP contribution in [0.3, 0.4) is 0 Å². The molecule has 4 nitrogen and oxygen atoms in total. The summed E-state index contributed by atoms with van der Waals surface area (Å²) in [6.45, 7) is 3.98. The lowest BCUT2D eigenvalue weighted by molar-refractivity contribution is -0.117. The van der Waals surface area contributed by atoms with Gasteiger partial charge < -0.3 is 5.73 Å². The summed E-state index contributed by atoms with van der Waals surface area (Å²) >= 11 is 2.94. The lowest BCUT2D eigenvalue weighted by Gasteiger charge is -1.94. The van der Waals surface area contributed by atoms with E-state index in [2.05, 4.69) is 9.97 Å². The van der Waals surface area contributed by atoms with Crippen LogP contribution in [-0.4, -0.2) is 15.8 Å². The topological polar surface area (TPSA) is 68.9 Å². The molecule has 0 fully saturated rings. The maximum atomic E-state index is 11.8. The van der Waals surface area contributed by atoms with Gasteiger partial charge in [0.2, 0.25) is 0 Å². The van der Waals surface area contributed by atoms with Gasteiger partial charge in [0.25, 0.3) is 0 Å². The number of nitrogens with two attached hydrogens (primary N) is 1. The molecule has 0 aliphatic heterocycles. The fourth-order valence-corrected chi connectivity index (χ4v) is 2.98. The van der Waals surface area contributed by atoms with Crippen molar-refractivity contribution in [2.45, 2.75) is 26.7 Å². The van der Waals surface area contributed by atoms with Gasteiger partial charge in [0, 0.05) is 10.3 Å². The third kappa shape index (κ3) is 3.10. The van der Waals surface area contributed by atoms with Crippen LogP contribution in [-0.2, 0) is 17.6 Å². The molecule has 6 heteroatoms. The first-order chi connectivity index (χ1) is 8.04. The van der Waals surface area contributed by atoms with Crippen LogP contribution >= 0.6 is 22.7 Å². The second-order valence-corrected chi connectivity index (χ2v) is 6.00. The third-order valence-electron chi connectivity index (χ3n) is 2.37. The quantitative estimate of drug-likeness (QED) is 0.921. The summed E-state index contributed by atoms with van der Waals surface area (Å²) in [5, 5.41) is 3.22. The molecule has 2 heterocycles. The van der Waals surface area contributed by atoms with E-state index in [0.29, 0.717) is 18.0 Å². The van der Waals surface area contributed by atoms with Crippen LogP contribution in [0.1, 0.15) is 21.3 Å². The SMILES string of the molecule is Cc1nc(CC(=O)Cc2csc(N)n2)sc1C. The predicted octanol–water partition coefficient (Wildman–Crippen LogP) is 2.15. The Kier molecular flexibility index (Phi) is 3.54. The van der Waals surface area contributed by atoms with Gasteiger partial charge in [0.05, 0.1) is 24.2 Å². The van der Waals surface area contributed by atoms with E-state index in [1.54, 1.807) is 11.3 Å². The molecule has 2 N–H and O–H groups in total. The highest BCUT2D eigenvalue weighted by Gasteiger charge is 2.11. The van der Waals surface area contributed by atoms with Gasteiger partial charge in [-0.1, -0.05) is 0 Å². The Morgan fingerprint density at radius 2 is 2.12 bits per heavy atom. The highest BCUT2D eigenvalue weighted by atomic mass is 32.1. The van der Waals surface area contributed by atoms with Crippen LogP contribution in [0.15, 0.2) is 5.38 Å². The van der Waals surface area contributed by atoms with Gasteiger partial charge in [-0.2, -0.15) is 0 Å². The minimum Gasteiger partial charge on any atom is -0.375 e. The molecular formula is C11H13N3OS2. The second kappa shape index (κ2) is 4.93. The van der Waals surface area contributed by atoms with Crippen LogP contribution in [0.5, 0.6) is 0 Å². The molecule has 2 rings (SSSR count). The first kappa shape index (κ1) is 12.2. The zero-order valence-corrected chi connectivity index (χ0v) is 11.3. The van der Waals surface area contributed by atoms with Crippen molar-refractivity contribution >= 4 is 33.6 Å². The minimum absolute atomic E-state index is 0.129. The van der Waals surface area contributed by atoms with Gasteiger partial charge in [-0.25, -0.2) is 9.97 Å². The van der Waals surface area contributed by atoms with Crippen molar-refractivity contribution in [2.75, 3.05) is 5.73 Å². The number of carbonyl (C=O) groups excluding carboxylic acids is 1. The summed E-state index contributed by atoms with van der Waals surface area (Å²) in [7, 11) is 0. The van der Waals surface area contributed by atoms with E-state index in [9.17, 15) is 4.79 Å². The van der Waals surface area contributed by atoms with Gasteiger partial charge in [0.15, 0.2) is 5.13 Å². The van der Waals surface area contributed by atoms with E-state index in [1.807, 2.05) is 19.2 Å². The number of thiazole rings is 2. The molecule has 0 radical (unpaired) electrons. The van der Waals surface area contributed by atoms with Gasteiger partial charge in [-0.05, 0) is 13.8 Å². The Balaban J connectivity index is 1.97. The summed E-state index contributed by atoms with van der Waals surface area (Å²) in [4.78, 5) is 21.4. The summed E-state index contributed by atoms with van der Waals surface area (Å²) in [5.74, 6) is 0.129. The Morgan fingerprint density at radius 1 is 1.35 bits per heavy atom. The molecule has 0 aliphatic rings. The Labute approximate surface area is 108 Å². The van der Waals surface area contributed by atoms with Crippen LogP contribution < -0.4 is 5.73 Å². The first-order valence-corrected chi connectivity index (χ1v) is 6.88. The van der Waals surface area contributed by atoms with Crippen molar-refractivity contribution in [2.24, 2.45) is 0 Å². The summed E-state index contributed by atoms with van der Waals surface area (Å²) in [6, 6.07) is 0. The molecule has 17 heavy (non-hydrogen) atoms. The highest BCUT2D eigenvalue weighted by Crippen LogP contribution is 2.18. The number of Topliss-reactive ketones (excluding diaryl/α,β-unsaturated/α-hetero) is 1. The molecule has 0 atom stereocenters. The number of aryl methyl sites for hydroxylation is 2. The monoisotopic (exact) mass is 267 g/mol. The van der Waals surface area contributed by atoms with Gasteiger partial charge in [0.1, 0.15) is 10.8 Å². The zero-order chi connectivity index (χ0) is 12.4. The van der Waals surface area contributed by atoms with Crippen molar-refractivity contribution in [1.82, 2.24) is 9.97 Å². The number of ketones is 1. The molecule has 0 unspecified atom stereocenters. The molecule has 0 saturated heterocycles. The predicted molar refractivity (Wildman–Crippen MR) is 70.5 cm³/mol. The molecule has 2 aromatic heterocycles. The average Bonchev–Trinajstić information content (AvgIpc) is 2.75. The van der Waals surface area contributed by atoms with Crippen molar-refractivity contribution < 1.29 is 4.79 Å². The molecule has 0 aromatic carbocycles. The standard InChI is InChI=1S/C11H13N3OS2/c1-6-7(2)17-10(13-6)4-9(15)3-8-5-16-11(12)14-8/h5H,3-4H2,1-2H3,(H2,12,14). The Morgan fingerprint density at radius 3 is 2.65 bits per heavy atom. The summed E-state index contributed by atoms with van der Waals surface area (Å²) in [6.07, 6.45) is 0.724. The van der Waals surface area contributed by atoms with E-state index in [1.165, 1.54) is 16.2 Å². The lowest BCUT2D eigenvalue weighted by atomic mass is 10.2. The highest BCUT2D eigenvalue weighted by molar-refractivity contribution is 7.13. The Bertz CT molecular complexity index is 525. The molecular weight excluding hydrogens is 254 g/mol. The number of nitrogen functional groups attached to an aromatic ring is 1. The number of aromatic nitrogens is 2. The van der Waals surface area contributed by atoms with Crippen LogP contribution in [0.25, 0.3) is 0 Å². The smallest absolute Gasteiger partial charge is 0.180 e. The molecule has 0 saturated carbocycles. The maximum Gasteiger partial charge on any atom is 0.180 e. The maximum absolute atomic E-state index is 11.8. The molecule has 0 bridgehead atoms. The number of rotatable bonds is 4. The van der Waals surface area contributed by atoms with Crippen molar-refractivity contribution in [1.29, 1.82) is 0 Å². The lowest BCUT2D eigenvalue weighted by Crippen LogP contribution is -2.06. The van der Waals surface area contributed by atoms with Crippen molar-refractivity contribution in [3.63, 3.8) is 0 Å². The fourth-order valence-electron chi connectivity index (χ4n) is 1.45. The van der Waals surface area contributed by atoms with E-state index in [4.69, 9.17) is 5.73 Å². The van der Waals surface area contributed by atoms with Gasteiger partial charge >= 0.3 is 0 Å².